The van der Waals surface area contributed by atoms with Crippen molar-refractivity contribution in [2.45, 2.75) is 18.9 Å². The van der Waals surface area contributed by atoms with Crippen molar-refractivity contribution in [2.24, 2.45) is 0 Å². The fourth-order valence-corrected chi connectivity index (χ4v) is 2.25. The zero-order valence-corrected chi connectivity index (χ0v) is 10.7. The molecule has 0 spiro atoms. The number of rotatable bonds is 2. The molecule has 1 atom stereocenters. The van der Waals surface area contributed by atoms with Gasteiger partial charge in [0.15, 0.2) is 0 Å². The van der Waals surface area contributed by atoms with Crippen LogP contribution in [0.5, 0.6) is 0 Å². The van der Waals surface area contributed by atoms with E-state index in [0.29, 0.717) is 18.9 Å². The zero-order chi connectivity index (χ0) is 13.2. The van der Waals surface area contributed by atoms with Crippen LogP contribution in [0.15, 0.2) is 24.3 Å². The number of amides is 1. The van der Waals surface area contributed by atoms with Gasteiger partial charge in [0.05, 0.1) is 5.52 Å². The third-order valence-corrected chi connectivity index (χ3v) is 3.32. The van der Waals surface area contributed by atoms with E-state index in [9.17, 15) is 4.79 Å². The number of aromatic nitrogens is 3. The zero-order valence-electron chi connectivity index (χ0n) is 10.7. The third-order valence-electron chi connectivity index (χ3n) is 3.32. The average Bonchev–Trinajstić information content (AvgIpc) is 2.43. The highest BCUT2D eigenvalue weighted by Crippen LogP contribution is 2.14. The van der Waals surface area contributed by atoms with Gasteiger partial charge in [-0.15, -0.1) is 10.2 Å². The van der Waals surface area contributed by atoms with E-state index in [1.807, 2.05) is 31.3 Å². The van der Waals surface area contributed by atoms with E-state index in [1.165, 1.54) is 0 Å². The van der Waals surface area contributed by atoms with Crippen LogP contribution in [-0.2, 0) is 4.79 Å². The Morgan fingerprint density at radius 1 is 1.26 bits per heavy atom. The van der Waals surface area contributed by atoms with Crippen LogP contribution < -0.4 is 5.32 Å². The second kappa shape index (κ2) is 4.79. The standard InChI is InChI=1S/C13H15N5O/c1-18-8-9(6-7-12(18)19)14-13-15-10-4-2-3-5-11(10)16-17-13/h2-5,9H,6-8H2,1H3,(H,14,15,17). The minimum Gasteiger partial charge on any atom is -0.348 e. The number of hydrogen-bond acceptors (Lipinski definition) is 5. The minimum atomic E-state index is 0.186. The Morgan fingerprint density at radius 3 is 2.84 bits per heavy atom. The number of nitrogens with zero attached hydrogens (tertiary/aromatic N) is 4. The predicted octanol–water partition coefficient (Wildman–Crippen LogP) is 1.06. The van der Waals surface area contributed by atoms with Crippen molar-refractivity contribution >= 4 is 22.9 Å². The van der Waals surface area contributed by atoms with Crippen LogP contribution in [0.2, 0.25) is 0 Å². The van der Waals surface area contributed by atoms with Crippen molar-refractivity contribution in [3.63, 3.8) is 0 Å². The summed E-state index contributed by atoms with van der Waals surface area (Å²) in [6, 6.07) is 7.81. The number of carbonyl (C=O) groups excluding carboxylic acids is 1. The molecule has 19 heavy (non-hydrogen) atoms. The number of carbonyl (C=O) groups is 1. The highest BCUT2D eigenvalue weighted by molar-refractivity contribution is 5.77. The molecule has 0 radical (unpaired) electrons. The van der Waals surface area contributed by atoms with Gasteiger partial charge >= 0.3 is 0 Å². The first-order valence-corrected chi connectivity index (χ1v) is 6.32. The predicted molar refractivity (Wildman–Crippen MR) is 71.6 cm³/mol. The number of hydrogen-bond donors (Lipinski definition) is 1. The number of likely N-dealkylation sites (tertiary alicyclic amines) is 1. The molecule has 1 aliphatic rings. The van der Waals surface area contributed by atoms with E-state index in [2.05, 4.69) is 20.5 Å². The Labute approximate surface area is 110 Å². The highest BCUT2D eigenvalue weighted by Gasteiger charge is 2.23. The number of likely N-dealkylation sites (N-methyl/N-ethyl adjacent to an activating group) is 1. The van der Waals surface area contributed by atoms with Crippen molar-refractivity contribution in [1.82, 2.24) is 20.1 Å². The molecular weight excluding hydrogens is 242 g/mol. The van der Waals surface area contributed by atoms with E-state index in [1.54, 1.807) is 4.90 Å². The maximum absolute atomic E-state index is 11.4. The van der Waals surface area contributed by atoms with Gasteiger partial charge in [-0.1, -0.05) is 12.1 Å². The molecule has 1 aromatic heterocycles. The summed E-state index contributed by atoms with van der Waals surface area (Å²) in [6.45, 7) is 0.676. The van der Waals surface area contributed by atoms with E-state index in [-0.39, 0.29) is 11.9 Å². The summed E-state index contributed by atoms with van der Waals surface area (Å²) in [7, 11) is 1.82. The summed E-state index contributed by atoms with van der Waals surface area (Å²) in [5.41, 5.74) is 1.60. The molecule has 6 nitrogen and oxygen atoms in total. The molecule has 1 aliphatic heterocycles. The molecule has 1 unspecified atom stereocenters. The molecule has 0 saturated carbocycles. The monoisotopic (exact) mass is 257 g/mol. The van der Waals surface area contributed by atoms with Gasteiger partial charge in [0.25, 0.3) is 0 Å². The van der Waals surface area contributed by atoms with Crippen molar-refractivity contribution in [1.29, 1.82) is 0 Å². The normalized spacial score (nSPS) is 19.7. The number of benzene rings is 1. The molecule has 1 saturated heterocycles. The van der Waals surface area contributed by atoms with Gasteiger partial charge in [0, 0.05) is 26.1 Å². The van der Waals surface area contributed by atoms with Crippen LogP contribution in [0.4, 0.5) is 5.95 Å². The maximum Gasteiger partial charge on any atom is 0.243 e. The smallest absolute Gasteiger partial charge is 0.243 e. The molecule has 1 amide bonds. The van der Waals surface area contributed by atoms with Crippen molar-refractivity contribution < 1.29 is 4.79 Å². The summed E-state index contributed by atoms with van der Waals surface area (Å²) in [6.07, 6.45) is 1.37. The Bertz CT molecular complexity index is 615. The number of nitrogens with one attached hydrogen (secondary N) is 1. The third kappa shape index (κ3) is 2.47. The molecule has 0 aliphatic carbocycles. The first kappa shape index (κ1) is 11.8. The largest absolute Gasteiger partial charge is 0.348 e. The second-order valence-electron chi connectivity index (χ2n) is 4.78. The van der Waals surface area contributed by atoms with Crippen molar-refractivity contribution in [2.75, 3.05) is 18.9 Å². The number of anilines is 1. The average molecular weight is 257 g/mol. The summed E-state index contributed by atoms with van der Waals surface area (Å²) < 4.78 is 0. The minimum absolute atomic E-state index is 0.186. The molecule has 3 rings (SSSR count). The van der Waals surface area contributed by atoms with Crippen LogP contribution in [0.25, 0.3) is 11.0 Å². The van der Waals surface area contributed by atoms with E-state index < -0.39 is 0 Å². The van der Waals surface area contributed by atoms with Crippen LogP contribution in [0.1, 0.15) is 12.8 Å². The number of fused-ring (bicyclic) bond motifs is 1. The lowest BCUT2D eigenvalue weighted by atomic mass is 10.1. The first-order valence-electron chi connectivity index (χ1n) is 6.32. The molecule has 0 bridgehead atoms. The lowest BCUT2D eigenvalue weighted by molar-refractivity contribution is -0.132. The molecule has 6 heteroatoms. The number of piperidine rings is 1. The van der Waals surface area contributed by atoms with Crippen molar-refractivity contribution in [3.8, 4) is 0 Å². The Morgan fingerprint density at radius 2 is 2.05 bits per heavy atom. The summed E-state index contributed by atoms with van der Waals surface area (Å²) in [5, 5.41) is 11.4. The molecule has 2 heterocycles. The van der Waals surface area contributed by atoms with Gasteiger partial charge < -0.3 is 10.2 Å². The molecular formula is C13H15N5O. The fraction of sp³-hybridized carbons (Fsp3) is 0.385. The maximum atomic E-state index is 11.4. The van der Waals surface area contributed by atoms with Crippen LogP contribution >= 0.6 is 0 Å². The lowest BCUT2D eigenvalue weighted by Gasteiger charge is -2.29. The SMILES string of the molecule is CN1CC(Nc2nnc3ccccc3n2)CCC1=O. The molecule has 1 aromatic carbocycles. The molecule has 1 fully saturated rings. The Balaban J connectivity index is 1.76. The summed E-state index contributed by atoms with van der Waals surface area (Å²) in [5.74, 6) is 0.710. The highest BCUT2D eigenvalue weighted by atomic mass is 16.2. The van der Waals surface area contributed by atoms with Gasteiger partial charge in [-0.3, -0.25) is 4.79 Å². The first-order chi connectivity index (χ1) is 9.22. The topological polar surface area (TPSA) is 71.0 Å². The fourth-order valence-electron chi connectivity index (χ4n) is 2.25. The Hall–Kier alpha value is -2.24. The quantitative estimate of drug-likeness (QED) is 0.871. The van der Waals surface area contributed by atoms with Crippen LogP contribution in [-0.4, -0.2) is 45.6 Å². The molecule has 1 N–H and O–H groups in total. The van der Waals surface area contributed by atoms with Gasteiger partial charge in [-0.05, 0) is 18.6 Å². The van der Waals surface area contributed by atoms with E-state index in [4.69, 9.17) is 0 Å². The van der Waals surface area contributed by atoms with Gasteiger partial charge in [-0.25, -0.2) is 4.98 Å². The van der Waals surface area contributed by atoms with Gasteiger partial charge in [0.1, 0.15) is 5.52 Å². The van der Waals surface area contributed by atoms with Crippen LogP contribution in [0.3, 0.4) is 0 Å². The lowest BCUT2D eigenvalue weighted by Crippen LogP contribution is -2.43. The van der Waals surface area contributed by atoms with Gasteiger partial charge in [0.2, 0.25) is 11.9 Å². The van der Waals surface area contributed by atoms with E-state index >= 15 is 0 Å². The van der Waals surface area contributed by atoms with Gasteiger partial charge in [-0.2, -0.15) is 0 Å². The molecule has 2 aromatic rings. The summed E-state index contributed by atoms with van der Waals surface area (Å²) in [4.78, 5) is 17.6. The van der Waals surface area contributed by atoms with Crippen LogP contribution in [0, 0.1) is 0 Å². The van der Waals surface area contributed by atoms with Crippen molar-refractivity contribution in [3.05, 3.63) is 24.3 Å². The second-order valence-corrected chi connectivity index (χ2v) is 4.78. The summed E-state index contributed by atoms with van der Waals surface area (Å²) >= 11 is 0. The Kier molecular flexibility index (Phi) is 2.98. The van der Waals surface area contributed by atoms with E-state index in [0.717, 1.165) is 17.5 Å². The number of para-hydroxylation sites is 1. The molecule has 98 valence electrons.